The van der Waals surface area contributed by atoms with Crippen molar-refractivity contribution in [3.63, 3.8) is 0 Å². The number of hydrogen-bond donors (Lipinski definition) is 0. The van der Waals surface area contributed by atoms with Crippen LogP contribution >= 0.6 is 0 Å². The van der Waals surface area contributed by atoms with Gasteiger partial charge in [-0.2, -0.15) is 13.2 Å². The summed E-state index contributed by atoms with van der Waals surface area (Å²) in [5.41, 5.74) is 0.234. The first-order valence-corrected chi connectivity index (χ1v) is 10.9. The van der Waals surface area contributed by atoms with Gasteiger partial charge in [0.15, 0.2) is 5.78 Å². The maximum atomic E-state index is 13.1. The van der Waals surface area contributed by atoms with Crippen LogP contribution in [0.1, 0.15) is 65.7 Å². The van der Waals surface area contributed by atoms with Crippen molar-refractivity contribution in [1.82, 2.24) is 0 Å². The second-order valence-corrected chi connectivity index (χ2v) is 10.2. The molecule has 4 aliphatic carbocycles. The van der Waals surface area contributed by atoms with E-state index in [0.717, 1.165) is 37.7 Å². The Balaban J connectivity index is 1.63. The number of allylic oxidation sites excluding steroid dienone is 1. The number of esters is 1. The van der Waals surface area contributed by atoms with Gasteiger partial charge in [0.25, 0.3) is 0 Å². The summed E-state index contributed by atoms with van der Waals surface area (Å²) < 4.78 is 44.9. The van der Waals surface area contributed by atoms with Crippen LogP contribution in [0.5, 0.6) is 0 Å². The normalized spacial score (nSPS) is 43.2. The molecule has 0 aromatic rings. The Kier molecular flexibility index (Phi) is 4.98. The van der Waals surface area contributed by atoms with E-state index >= 15 is 0 Å². The van der Waals surface area contributed by atoms with Crippen LogP contribution in [0.3, 0.4) is 0 Å². The SMILES string of the molecule is CC(=O)O[C@H]1CC[C@H]2[C@@H]3CCC4=CC(=O)C(C(=O)C(F)(F)F)C[C@]4(C)[C@H]3CC[C@]12C. The summed E-state index contributed by atoms with van der Waals surface area (Å²) >= 11 is 0. The quantitative estimate of drug-likeness (QED) is 0.470. The van der Waals surface area contributed by atoms with E-state index in [-0.39, 0.29) is 29.8 Å². The largest absolute Gasteiger partial charge is 0.462 e. The number of hydrogen-bond acceptors (Lipinski definition) is 4. The van der Waals surface area contributed by atoms with Gasteiger partial charge in [-0.1, -0.05) is 19.4 Å². The number of rotatable bonds is 2. The lowest BCUT2D eigenvalue weighted by Crippen LogP contribution is -2.53. The molecular weight excluding hydrogens is 397 g/mol. The predicted octanol–water partition coefficient (Wildman–Crippen LogP) is 4.81. The average Bonchev–Trinajstić information content (AvgIpc) is 2.96. The maximum absolute atomic E-state index is 13.1. The molecule has 3 saturated carbocycles. The fourth-order valence-electron chi connectivity index (χ4n) is 7.41. The molecule has 0 heterocycles. The van der Waals surface area contributed by atoms with Crippen molar-refractivity contribution in [2.24, 2.45) is 34.5 Å². The van der Waals surface area contributed by atoms with Gasteiger partial charge in [0.05, 0.1) is 5.92 Å². The monoisotopic (exact) mass is 426 g/mol. The van der Waals surface area contributed by atoms with E-state index in [4.69, 9.17) is 4.74 Å². The molecule has 1 unspecified atom stereocenters. The van der Waals surface area contributed by atoms with E-state index in [1.54, 1.807) is 0 Å². The third kappa shape index (κ3) is 3.14. The molecule has 30 heavy (non-hydrogen) atoms. The summed E-state index contributed by atoms with van der Waals surface area (Å²) in [4.78, 5) is 35.9. The molecule has 7 atom stereocenters. The molecule has 0 aliphatic heterocycles. The van der Waals surface area contributed by atoms with Crippen molar-refractivity contribution in [2.45, 2.75) is 78.0 Å². The zero-order valence-electron chi connectivity index (χ0n) is 17.7. The van der Waals surface area contributed by atoms with E-state index < -0.39 is 29.1 Å². The smallest absolute Gasteiger partial charge is 0.450 e. The molecule has 0 radical (unpaired) electrons. The Bertz CT molecular complexity index is 816. The van der Waals surface area contributed by atoms with Crippen LogP contribution in [0.2, 0.25) is 0 Å². The second kappa shape index (κ2) is 6.92. The molecule has 0 amide bonds. The molecule has 166 valence electrons. The van der Waals surface area contributed by atoms with Crippen molar-refractivity contribution in [3.05, 3.63) is 11.6 Å². The van der Waals surface area contributed by atoms with E-state index in [1.165, 1.54) is 13.0 Å². The molecule has 0 spiro atoms. The zero-order chi connectivity index (χ0) is 22.1. The number of ketones is 2. The summed E-state index contributed by atoms with van der Waals surface area (Å²) in [5, 5.41) is 0. The predicted molar refractivity (Wildman–Crippen MR) is 102 cm³/mol. The van der Waals surface area contributed by atoms with Crippen LogP contribution in [0.15, 0.2) is 11.6 Å². The fraction of sp³-hybridized carbons (Fsp3) is 0.783. The highest BCUT2D eigenvalue weighted by atomic mass is 19.4. The highest BCUT2D eigenvalue weighted by Crippen LogP contribution is 2.66. The fourth-order valence-corrected chi connectivity index (χ4v) is 7.41. The summed E-state index contributed by atoms with van der Waals surface area (Å²) in [6.45, 7) is 5.57. The van der Waals surface area contributed by atoms with E-state index in [0.29, 0.717) is 18.3 Å². The zero-order valence-corrected chi connectivity index (χ0v) is 17.7. The minimum absolute atomic E-state index is 0.0476. The third-order valence-corrected chi connectivity index (χ3v) is 8.84. The highest BCUT2D eigenvalue weighted by molar-refractivity contribution is 6.10. The van der Waals surface area contributed by atoms with Gasteiger partial charge in [0.1, 0.15) is 6.10 Å². The number of carbonyl (C=O) groups is 3. The minimum atomic E-state index is -5.00. The minimum Gasteiger partial charge on any atom is -0.462 e. The van der Waals surface area contributed by atoms with Gasteiger partial charge in [-0.3, -0.25) is 14.4 Å². The molecule has 0 saturated heterocycles. The molecule has 0 aromatic heterocycles. The average molecular weight is 426 g/mol. The van der Waals surface area contributed by atoms with Crippen LogP contribution in [-0.2, 0) is 19.1 Å². The molecule has 0 bridgehead atoms. The van der Waals surface area contributed by atoms with Gasteiger partial charge >= 0.3 is 12.1 Å². The van der Waals surface area contributed by atoms with E-state index in [9.17, 15) is 27.6 Å². The Labute approximate surface area is 174 Å². The molecule has 7 heteroatoms. The number of carbonyl (C=O) groups excluding carboxylic acids is 3. The Morgan fingerprint density at radius 2 is 1.80 bits per heavy atom. The van der Waals surface area contributed by atoms with Crippen molar-refractivity contribution >= 4 is 17.5 Å². The summed E-state index contributed by atoms with van der Waals surface area (Å²) in [6.07, 6.45) is 1.17. The van der Waals surface area contributed by atoms with Gasteiger partial charge in [-0.15, -0.1) is 0 Å². The number of alkyl halides is 3. The van der Waals surface area contributed by atoms with Gasteiger partial charge in [-0.05, 0) is 74.2 Å². The van der Waals surface area contributed by atoms with Crippen LogP contribution in [0.25, 0.3) is 0 Å². The first-order chi connectivity index (χ1) is 13.9. The molecule has 4 nitrogen and oxygen atoms in total. The lowest BCUT2D eigenvalue weighted by atomic mass is 9.46. The molecule has 4 rings (SSSR count). The lowest BCUT2D eigenvalue weighted by Gasteiger charge is -2.58. The van der Waals surface area contributed by atoms with Crippen LogP contribution in [-0.4, -0.2) is 29.8 Å². The Morgan fingerprint density at radius 1 is 1.10 bits per heavy atom. The van der Waals surface area contributed by atoms with Gasteiger partial charge in [0, 0.05) is 12.3 Å². The van der Waals surface area contributed by atoms with Crippen LogP contribution in [0, 0.1) is 34.5 Å². The maximum Gasteiger partial charge on any atom is 0.450 e. The summed E-state index contributed by atoms with van der Waals surface area (Å²) in [6, 6.07) is 0. The van der Waals surface area contributed by atoms with Crippen molar-refractivity contribution in [1.29, 1.82) is 0 Å². The van der Waals surface area contributed by atoms with Gasteiger partial charge in [0.2, 0.25) is 5.78 Å². The van der Waals surface area contributed by atoms with Gasteiger partial charge < -0.3 is 4.74 Å². The molecule has 0 aromatic carbocycles. The second-order valence-electron chi connectivity index (χ2n) is 10.2. The van der Waals surface area contributed by atoms with Crippen LogP contribution < -0.4 is 0 Å². The van der Waals surface area contributed by atoms with Crippen LogP contribution in [0.4, 0.5) is 13.2 Å². The highest BCUT2D eigenvalue weighted by Gasteiger charge is 2.61. The number of fused-ring (bicyclic) bond motifs is 5. The van der Waals surface area contributed by atoms with Gasteiger partial charge in [-0.25, -0.2) is 0 Å². The number of ether oxygens (including phenoxy) is 1. The lowest BCUT2D eigenvalue weighted by molar-refractivity contribution is -0.178. The molecular formula is C23H29F3O4. The van der Waals surface area contributed by atoms with Crippen molar-refractivity contribution < 1.29 is 32.3 Å². The summed E-state index contributed by atoms with van der Waals surface area (Å²) in [7, 11) is 0. The topological polar surface area (TPSA) is 60.4 Å². The standard InChI is InChI=1S/C23H29F3O4/c1-12(27)30-19-7-6-16-14-5-4-13-10-18(28)15(20(29)23(24,25)26)11-22(13,3)17(14)8-9-21(16,19)2/h10,14-17,19H,4-9,11H2,1-3H3/t14-,15?,16-,17-,19-,21-,22-/m0/s1. The van der Waals surface area contributed by atoms with E-state index in [1.807, 2.05) is 6.92 Å². The van der Waals surface area contributed by atoms with Crippen molar-refractivity contribution in [2.75, 3.05) is 0 Å². The Hall–Kier alpha value is -1.66. The van der Waals surface area contributed by atoms with Crippen molar-refractivity contribution in [3.8, 4) is 0 Å². The Morgan fingerprint density at radius 3 is 2.43 bits per heavy atom. The molecule has 0 N–H and O–H groups in total. The van der Waals surface area contributed by atoms with E-state index in [2.05, 4.69) is 6.92 Å². The number of halogens is 3. The summed E-state index contributed by atoms with van der Waals surface area (Å²) in [5.74, 6) is -3.72. The third-order valence-electron chi connectivity index (χ3n) is 8.84. The molecule has 4 aliphatic rings. The first kappa shape index (κ1) is 21.6. The first-order valence-electron chi connectivity index (χ1n) is 10.9. The number of Topliss-reactive ketones (excluding diaryl/α,β-unsaturated/α-hetero) is 1. The molecule has 3 fully saturated rings.